The van der Waals surface area contributed by atoms with E-state index in [1.54, 1.807) is 6.07 Å². The van der Waals surface area contributed by atoms with Crippen LogP contribution in [0.25, 0.3) is 0 Å². The molecule has 0 saturated carbocycles. The Morgan fingerprint density at radius 3 is 2.75 bits per heavy atom. The maximum atomic E-state index is 13.5. The summed E-state index contributed by atoms with van der Waals surface area (Å²) in [7, 11) is 0. The third-order valence-electron chi connectivity index (χ3n) is 4.73. The Hall–Kier alpha value is -1.09. The van der Waals surface area contributed by atoms with E-state index in [0.717, 1.165) is 30.8 Å². The summed E-state index contributed by atoms with van der Waals surface area (Å²) in [5.74, 6) is 0.548. The average molecular weight is 278 g/mol. The number of rotatable bonds is 4. The molecule has 1 N–H and O–H groups in total. The van der Waals surface area contributed by atoms with Gasteiger partial charge in [0.15, 0.2) is 0 Å². The van der Waals surface area contributed by atoms with E-state index >= 15 is 0 Å². The number of nitrogens with zero attached hydrogens (tertiary/aromatic N) is 1. The molecule has 1 aromatic carbocycles. The summed E-state index contributed by atoms with van der Waals surface area (Å²) < 4.78 is 13.5. The van der Waals surface area contributed by atoms with Crippen molar-refractivity contribution < 1.29 is 4.39 Å². The summed E-state index contributed by atoms with van der Waals surface area (Å²) >= 11 is 0. The van der Waals surface area contributed by atoms with Gasteiger partial charge in [0.1, 0.15) is 5.82 Å². The molecule has 2 rings (SSSR count). The zero-order chi connectivity index (χ0) is 14.7. The molecule has 0 radical (unpaired) electrons. The predicted molar refractivity (Wildman–Crippen MR) is 83.8 cm³/mol. The van der Waals surface area contributed by atoms with Crippen LogP contribution >= 0.6 is 0 Å². The standard InChI is InChI=1S/C17H27FN2/c1-5-12(3)17-11-20(14(6-2)10-19-17)15-7-8-16(18)13(4)9-15/h7-9,12,14,17,19H,5-6,10-11H2,1-4H3. The van der Waals surface area contributed by atoms with Gasteiger partial charge in [-0.2, -0.15) is 0 Å². The molecule has 1 heterocycles. The highest BCUT2D eigenvalue weighted by atomic mass is 19.1. The minimum atomic E-state index is -0.115. The Kier molecular flexibility index (Phi) is 5.03. The summed E-state index contributed by atoms with van der Waals surface area (Å²) in [4.78, 5) is 2.46. The van der Waals surface area contributed by atoms with Crippen molar-refractivity contribution in [2.75, 3.05) is 18.0 Å². The Morgan fingerprint density at radius 1 is 1.40 bits per heavy atom. The number of hydrogen-bond donors (Lipinski definition) is 1. The maximum absolute atomic E-state index is 13.5. The van der Waals surface area contributed by atoms with Crippen molar-refractivity contribution in [2.45, 2.75) is 52.6 Å². The van der Waals surface area contributed by atoms with Gasteiger partial charge in [-0.15, -0.1) is 0 Å². The topological polar surface area (TPSA) is 15.3 Å². The highest BCUT2D eigenvalue weighted by Crippen LogP contribution is 2.25. The van der Waals surface area contributed by atoms with Gasteiger partial charge in [0.25, 0.3) is 0 Å². The van der Waals surface area contributed by atoms with Crippen LogP contribution in [-0.2, 0) is 0 Å². The average Bonchev–Trinajstić information content (AvgIpc) is 2.48. The van der Waals surface area contributed by atoms with Crippen molar-refractivity contribution in [3.05, 3.63) is 29.6 Å². The van der Waals surface area contributed by atoms with Crippen molar-refractivity contribution in [3.63, 3.8) is 0 Å². The Bertz CT molecular complexity index is 447. The van der Waals surface area contributed by atoms with Crippen LogP contribution in [0.4, 0.5) is 10.1 Å². The van der Waals surface area contributed by atoms with Crippen molar-refractivity contribution in [1.29, 1.82) is 0 Å². The van der Waals surface area contributed by atoms with Crippen LogP contribution in [0, 0.1) is 18.7 Å². The first-order chi connectivity index (χ1) is 9.56. The number of aryl methyl sites for hydroxylation is 1. The van der Waals surface area contributed by atoms with Crippen LogP contribution in [0.15, 0.2) is 18.2 Å². The normalized spacial score (nSPS) is 24.8. The largest absolute Gasteiger partial charge is 0.366 e. The molecule has 1 aliphatic rings. The lowest BCUT2D eigenvalue weighted by molar-refractivity contribution is 0.306. The van der Waals surface area contributed by atoms with E-state index in [2.05, 4.69) is 31.0 Å². The summed E-state index contributed by atoms with van der Waals surface area (Å²) in [6.07, 6.45) is 2.29. The van der Waals surface area contributed by atoms with Crippen LogP contribution in [0.3, 0.4) is 0 Å². The van der Waals surface area contributed by atoms with Crippen molar-refractivity contribution in [1.82, 2.24) is 5.32 Å². The highest BCUT2D eigenvalue weighted by molar-refractivity contribution is 5.50. The van der Waals surface area contributed by atoms with Gasteiger partial charge in [0, 0.05) is 30.9 Å². The lowest BCUT2D eigenvalue weighted by atomic mass is 9.94. The van der Waals surface area contributed by atoms with E-state index in [4.69, 9.17) is 0 Å². The number of piperazine rings is 1. The molecule has 112 valence electrons. The molecular formula is C17H27FN2. The lowest BCUT2D eigenvalue weighted by Crippen LogP contribution is -2.58. The number of nitrogens with one attached hydrogen (secondary N) is 1. The quantitative estimate of drug-likeness (QED) is 0.902. The van der Waals surface area contributed by atoms with Gasteiger partial charge >= 0.3 is 0 Å². The van der Waals surface area contributed by atoms with E-state index in [9.17, 15) is 4.39 Å². The third kappa shape index (κ3) is 3.14. The fourth-order valence-electron chi connectivity index (χ4n) is 2.98. The van der Waals surface area contributed by atoms with Crippen molar-refractivity contribution in [3.8, 4) is 0 Å². The van der Waals surface area contributed by atoms with E-state index in [0.29, 0.717) is 18.0 Å². The Labute approximate surface area is 122 Å². The smallest absolute Gasteiger partial charge is 0.126 e. The van der Waals surface area contributed by atoms with E-state index in [-0.39, 0.29) is 5.82 Å². The van der Waals surface area contributed by atoms with Gasteiger partial charge in [-0.1, -0.05) is 27.2 Å². The monoisotopic (exact) mass is 278 g/mol. The zero-order valence-corrected chi connectivity index (χ0v) is 13.1. The van der Waals surface area contributed by atoms with Gasteiger partial charge in [-0.05, 0) is 43.0 Å². The van der Waals surface area contributed by atoms with Gasteiger partial charge in [0.05, 0.1) is 0 Å². The molecule has 1 fully saturated rings. The number of benzene rings is 1. The number of hydrogen-bond acceptors (Lipinski definition) is 2. The maximum Gasteiger partial charge on any atom is 0.126 e. The zero-order valence-electron chi connectivity index (χ0n) is 13.1. The molecule has 0 aromatic heterocycles. The molecule has 2 nitrogen and oxygen atoms in total. The molecule has 3 unspecified atom stereocenters. The molecule has 1 aliphatic heterocycles. The van der Waals surface area contributed by atoms with Gasteiger partial charge in [-0.25, -0.2) is 4.39 Å². The molecule has 0 amide bonds. The molecule has 1 aromatic rings. The van der Waals surface area contributed by atoms with E-state index < -0.39 is 0 Å². The first kappa shape index (κ1) is 15.3. The number of anilines is 1. The summed E-state index contributed by atoms with van der Waals surface area (Å²) in [5, 5.41) is 3.68. The molecule has 0 aliphatic carbocycles. The van der Waals surface area contributed by atoms with Crippen molar-refractivity contribution in [2.24, 2.45) is 5.92 Å². The van der Waals surface area contributed by atoms with Crippen molar-refractivity contribution >= 4 is 5.69 Å². The fraction of sp³-hybridized carbons (Fsp3) is 0.647. The summed E-state index contributed by atoms with van der Waals surface area (Å²) in [6.45, 7) is 10.6. The number of halogens is 1. The molecular weight excluding hydrogens is 251 g/mol. The molecule has 20 heavy (non-hydrogen) atoms. The molecule has 3 atom stereocenters. The van der Waals surface area contributed by atoms with Crippen LogP contribution < -0.4 is 10.2 Å². The second-order valence-electron chi connectivity index (χ2n) is 6.05. The first-order valence-electron chi connectivity index (χ1n) is 7.83. The second-order valence-corrected chi connectivity index (χ2v) is 6.05. The molecule has 0 spiro atoms. The van der Waals surface area contributed by atoms with E-state index in [1.165, 1.54) is 6.42 Å². The Balaban J connectivity index is 2.22. The molecule has 3 heteroatoms. The molecule has 1 saturated heterocycles. The van der Waals surface area contributed by atoms with Gasteiger partial charge in [-0.3, -0.25) is 0 Å². The van der Waals surface area contributed by atoms with Crippen LogP contribution in [0.5, 0.6) is 0 Å². The lowest BCUT2D eigenvalue weighted by Gasteiger charge is -2.43. The van der Waals surface area contributed by atoms with Gasteiger partial charge < -0.3 is 10.2 Å². The van der Waals surface area contributed by atoms with Crippen LogP contribution in [0.2, 0.25) is 0 Å². The van der Waals surface area contributed by atoms with Gasteiger partial charge in [0.2, 0.25) is 0 Å². The van der Waals surface area contributed by atoms with E-state index in [1.807, 2.05) is 19.1 Å². The SMILES string of the molecule is CCC(C)C1CN(c2ccc(F)c(C)c2)C(CC)CN1. The minimum Gasteiger partial charge on any atom is -0.366 e. The second kappa shape index (κ2) is 6.57. The predicted octanol–water partition coefficient (Wildman–Crippen LogP) is 3.74. The fourth-order valence-corrected chi connectivity index (χ4v) is 2.98. The van der Waals surface area contributed by atoms with Crippen LogP contribution in [-0.4, -0.2) is 25.2 Å². The molecule has 0 bridgehead atoms. The Morgan fingerprint density at radius 2 is 2.15 bits per heavy atom. The highest BCUT2D eigenvalue weighted by Gasteiger charge is 2.29. The summed E-state index contributed by atoms with van der Waals surface area (Å²) in [6, 6.07) is 6.52. The third-order valence-corrected chi connectivity index (χ3v) is 4.73. The summed E-state index contributed by atoms with van der Waals surface area (Å²) in [5.41, 5.74) is 1.89. The minimum absolute atomic E-state index is 0.115. The first-order valence-corrected chi connectivity index (χ1v) is 7.83. The van der Waals surface area contributed by atoms with Crippen LogP contribution in [0.1, 0.15) is 39.2 Å².